The fraction of sp³-hybridized carbons (Fsp3) is 0.600. The highest BCUT2D eigenvalue weighted by molar-refractivity contribution is 5.77. The number of nitriles is 1. The van der Waals surface area contributed by atoms with Crippen LogP contribution >= 0.6 is 0 Å². The van der Waals surface area contributed by atoms with E-state index in [2.05, 4.69) is 24.1 Å². The summed E-state index contributed by atoms with van der Waals surface area (Å²) < 4.78 is 1.74. The van der Waals surface area contributed by atoms with Gasteiger partial charge in [-0.1, -0.05) is 39.5 Å². The molecule has 1 aliphatic rings. The molecule has 0 aliphatic heterocycles. The maximum Gasteiger partial charge on any atom is 0.270 e. The molecule has 0 amide bonds. The smallest absolute Gasteiger partial charge is 0.270 e. The van der Waals surface area contributed by atoms with Crippen LogP contribution in [-0.4, -0.2) is 20.6 Å². The van der Waals surface area contributed by atoms with Gasteiger partial charge in [-0.3, -0.25) is 9.36 Å². The minimum atomic E-state index is -0.227. The SMILES string of the molecule is CCCC(CCC)Nc1ncc2cc(C#N)c(=O)n(C3CCCC3)c2n1. The average Bonchev–Trinajstić information content (AvgIpc) is 3.16. The summed E-state index contributed by atoms with van der Waals surface area (Å²) in [6.07, 6.45) is 10.2. The van der Waals surface area contributed by atoms with Gasteiger partial charge in [0.05, 0.1) is 0 Å². The average molecular weight is 353 g/mol. The summed E-state index contributed by atoms with van der Waals surface area (Å²) in [5, 5.41) is 13.5. The van der Waals surface area contributed by atoms with Gasteiger partial charge in [-0.25, -0.2) is 4.98 Å². The molecule has 3 rings (SSSR count). The van der Waals surface area contributed by atoms with E-state index in [0.29, 0.717) is 17.6 Å². The number of hydrogen-bond acceptors (Lipinski definition) is 5. The summed E-state index contributed by atoms with van der Waals surface area (Å²) >= 11 is 0. The van der Waals surface area contributed by atoms with Crippen LogP contribution in [0.25, 0.3) is 11.0 Å². The largest absolute Gasteiger partial charge is 0.351 e. The van der Waals surface area contributed by atoms with Crippen LogP contribution in [0.3, 0.4) is 0 Å². The van der Waals surface area contributed by atoms with Crippen LogP contribution in [0.1, 0.15) is 76.8 Å². The highest BCUT2D eigenvalue weighted by atomic mass is 16.1. The fourth-order valence-electron chi connectivity index (χ4n) is 3.94. The minimum absolute atomic E-state index is 0.128. The first-order chi connectivity index (χ1) is 12.7. The van der Waals surface area contributed by atoms with E-state index >= 15 is 0 Å². The van der Waals surface area contributed by atoms with E-state index in [4.69, 9.17) is 4.98 Å². The van der Waals surface area contributed by atoms with Gasteiger partial charge in [0.15, 0.2) is 0 Å². The summed E-state index contributed by atoms with van der Waals surface area (Å²) in [5.74, 6) is 0.570. The third-order valence-electron chi connectivity index (χ3n) is 5.19. The van der Waals surface area contributed by atoms with Crippen LogP contribution < -0.4 is 10.9 Å². The van der Waals surface area contributed by atoms with E-state index in [-0.39, 0.29) is 17.2 Å². The molecular formula is C20H27N5O. The first-order valence-corrected chi connectivity index (χ1v) is 9.76. The molecule has 0 bridgehead atoms. The number of nitrogens with one attached hydrogen (secondary N) is 1. The molecule has 6 nitrogen and oxygen atoms in total. The van der Waals surface area contributed by atoms with Gasteiger partial charge in [-0.05, 0) is 31.7 Å². The number of nitrogens with zero attached hydrogens (tertiary/aromatic N) is 4. The molecule has 1 fully saturated rings. The first kappa shape index (κ1) is 18.4. The standard InChI is InChI=1S/C20H27N5O/c1-3-7-16(8-4-2)23-20-22-13-15-11-14(12-21)19(26)25(18(15)24-20)17-9-5-6-10-17/h11,13,16-17H,3-10H2,1-2H3,(H,22,23,24). The van der Waals surface area contributed by atoms with E-state index in [1.54, 1.807) is 16.8 Å². The molecule has 2 aromatic rings. The van der Waals surface area contributed by atoms with E-state index in [1.165, 1.54) is 0 Å². The lowest BCUT2D eigenvalue weighted by atomic mass is 10.1. The third kappa shape index (κ3) is 3.72. The van der Waals surface area contributed by atoms with Crippen molar-refractivity contribution in [2.45, 2.75) is 77.3 Å². The number of fused-ring (bicyclic) bond motifs is 1. The van der Waals surface area contributed by atoms with E-state index in [1.807, 2.05) is 6.07 Å². The summed E-state index contributed by atoms with van der Waals surface area (Å²) in [5.41, 5.74) is 0.587. The van der Waals surface area contributed by atoms with Crippen LogP contribution in [-0.2, 0) is 0 Å². The van der Waals surface area contributed by atoms with Gasteiger partial charge in [0.1, 0.15) is 17.3 Å². The van der Waals surface area contributed by atoms with Crippen LogP contribution in [0.15, 0.2) is 17.1 Å². The summed E-state index contributed by atoms with van der Waals surface area (Å²) in [4.78, 5) is 21.9. The molecule has 2 heterocycles. The van der Waals surface area contributed by atoms with Crippen molar-refractivity contribution >= 4 is 17.0 Å². The third-order valence-corrected chi connectivity index (χ3v) is 5.19. The zero-order valence-corrected chi connectivity index (χ0v) is 15.7. The molecular weight excluding hydrogens is 326 g/mol. The molecule has 1 aliphatic carbocycles. The van der Waals surface area contributed by atoms with Gasteiger partial charge in [0.25, 0.3) is 5.56 Å². The molecule has 1 N–H and O–H groups in total. The van der Waals surface area contributed by atoms with Crippen molar-refractivity contribution in [3.05, 3.63) is 28.2 Å². The zero-order valence-electron chi connectivity index (χ0n) is 15.7. The Morgan fingerprint density at radius 2 is 2.00 bits per heavy atom. The Balaban J connectivity index is 2.06. The summed E-state index contributed by atoms with van der Waals surface area (Å²) in [7, 11) is 0. The molecule has 2 aromatic heterocycles. The maximum atomic E-state index is 12.8. The Morgan fingerprint density at radius 1 is 1.31 bits per heavy atom. The van der Waals surface area contributed by atoms with E-state index in [9.17, 15) is 10.1 Å². The normalized spacial score (nSPS) is 14.8. The molecule has 26 heavy (non-hydrogen) atoms. The molecule has 6 heteroatoms. The molecule has 0 saturated heterocycles. The Bertz CT molecular complexity index is 855. The first-order valence-electron chi connectivity index (χ1n) is 9.76. The van der Waals surface area contributed by atoms with Gasteiger partial charge < -0.3 is 5.32 Å². The monoisotopic (exact) mass is 353 g/mol. The van der Waals surface area contributed by atoms with Crippen LogP contribution in [0, 0.1) is 11.3 Å². The Labute approximate surface area is 154 Å². The highest BCUT2D eigenvalue weighted by Crippen LogP contribution is 2.30. The molecule has 0 aromatic carbocycles. The van der Waals surface area contributed by atoms with Crippen molar-refractivity contribution in [2.24, 2.45) is 0 Å². The second kappa shape index (κ2) is 8.31. The fourth-order valence-corrected chi connectivity index (χ4v) is 3.94. The number of aromatic nitrogens is 3. The zero-order chi connectivity index (χ0) is 18.5. The van der Waals surface area contributed by atoms with Crippen LogP contribution in [0.2, 0.25) is 0 Å². The maximum absolute atomic E-state index is 12.8. The second-order valence-electron chi connectivity index (χ2n) is 7.17. The topological polar surface area (TPSA) is 83.6 Å². The lowest BCUT2D eigenvalue weighted by molar-refractivity contribution is 0.515. The molecule has 1 saturated carbocycles. The number of anilines is 1. The van der Waals surface area contributed by atoms with E-state index < -0.39 is 0 Å². The van der Waals surface area contributed by atoms with Gasteiger partial charge >= 0.3 is 0 Å². The number of rotatable bonds is 7. The second-order valence-corrected chi connectivity index (χ2v) is 7.17. The Morgan fingerprint density at radius 3 is 2.62 bits per heavy atom. The predicted octanol–water partition coefficient (Wildman–Crippen LogP) is 4.16. The molecule has 0 unspecified atom stereocenters. The van der Waals surface area contributed by atoms with Crippen molar-refractivity contribution in [3.8, 4) is 6.07 Å². The summed E-state index contributed by atoms with van der Waals surface area (Å²) in [6.45, 7) is 4.35. The van der Waals surface area contributed by atoms with Crippen molar-refractivity contribution in [2.75, 3.05) is 5.32 Å². The predicted molar refractivity (Wildman–Crippen MR) is 103 cm³/mol. The lowest BCUT2D eigenvalue weighted by Crippen LogP contribution is -2.27. The summed E-state index contributed by atoms with van der Waals surface area (Å²) in [6, 6.07) is 4.11. The van der Waals surface area contributed by atoms with Crippen LogP contribution in [0.4, 0.5) is 5.95 Å². The van der Waals surface area contributed by atoms with Gasteiger partial charge in [0.2, 0.25) is 5.95 Å². The van der Waals surface area contributed by atoms with Crippen molar-refractivity contribution in [1.29, 1.82) is 5.26 Å². The van der Waals surface area contributed by atoms with Gasteiger partial charge in [-0.2, -0.15) is 10.2 Å². The number of hydrogen-bond donors (Lipinski definition) is 1. The van der Waals surface area contributed by atoms with Crippen molar-refractivity contribution in [3.63, 3.8) is 0 Å². The van der Waals surface area contributed by atoms with E-state index in [0.717, 1.165) is 56.8 Å². The molecule has 138 valence electrons. The van der Waals surface area contributed by atoms with Crippen LogP contribution in [0.5, 0.6) is 0 Å². The Hall–Kier alpha value is -2.42. The molecule has 0 atom stereocenters. The lowest BCUT2D eigenvalue weighted by Gasteiger charge is -2.19. The van der Waals surface area contributed by atoms with Crippen molar-refractivity contribution < 1.29 is 0 Å². The minimum Gasteiger partial charge on any atom is -0.351 e. The molecule has 0 spiro atoms. The highest BCUT2D eigenvalue weighted by Gasteiger charge is 2.23. The number of pyridine rings is 1. The van der Waals surface area contributed by atoms with Gasteiger partial charge in [0, 0.05) is 23.7 Å². The van der Waals surface area contributed by atoms with Crippen molar-refractivity contribution in [1.82, 2.24) is 14.5 Å². The van der Waals surface area contributed by atoms with Gasteiger partial charge in [-0.15, -0.1) is 0 Å². The Kier molecular flexibility index (Phi) is 5.87. The molecule has 0 radical (unpaired) electrons. The quantitative estimate of drug-likeness (QED) is 0.808.